The Bertz CT molecular complexity index is 1460. The van der Waals surface area contributed by atoms with Gasteiger partial charge in [-0.05, 0) is 30.3 Å². The number of nitrogens with one attached hydrogen (secondary N) is 3. The van der Waals surface area contributed by atoms with Crippen molar-refractivity contribution in [3.8, 4) is 11.5 Å². The molecule has 168 valence electrons. The average Bonchev–Trinajstić information content (AvgIpc) is 3.51. The van der Waals surface area contributed by atoms with Gasteiger partial charge in [0.2, 0.25) is 5.91 Å². The van der Waals surface area contributed by atoms with Crippen molar-refractivity contribution >= 4 is 45.9 Å². The van der Waals surface area contributed by atoms with Crippen LogP contribution in [0.15, 0.2) is 94.7 Å². The van der Waals surface area contributed by atoms with E-state index in [1.165, 1.54) is 0 Å². The van der Waals surface area contributed by atoms with Crippen LogP contribution in [0.3, 0.4) is 0 Å². The van der Waals surface area contributed by atoms with Gasteiger partial charge in [-0.25, -0.2) is 0 Å². The van der Waals surface area contributed by atoms with Gasteiger partial charge in [-0.2, -0.15) is 0 Å². The molecule has 5 aromatic rings. The number of aromatic amines is 1. The number of carbonyl (C=O) groups is 2. The van der Waals surface area contributed by atoms with Gasteiger partial charge >= 0.3 is 0 Å². The molecule has 0 spiro atoms. The number of amides is 2. The molecule has 9 heteroatoms. The largest absolute Gasteiger partial charge is 0.411 e. The number of aromatic nitrogens is 3. The molecule has 0 saturated carbocycles. The van der Waals surface area contributed by atoms with Crippen LogP contribution in [0.4, 0.5) is 11.4 Å². The molecule has 3 N–H and O–H groups in total. The number of thioether (sulfide) groups is 1. The van der Waals surface area contributed by atoms with Crippen molar-refractivity contribution in [2.45, 2.75) is 5.22 Å². The summed E-state index contributed by atoms with van der Waals surface area (Å²) in [6.07, 6.45) is 1.82. The molecular weight excluding hydrogens is 450 g/mol. The van der Waals surface area contributed by atoms with Crippen molar-refractivity contribution in [1.82, 2.24) is 15.2 Å². The van der Waals surface area contributed by atoms with Crippen molar-refractivity contribution in [3.63, 3.8) is 0 Å². The molecule has 2 heterocycles. The predicted octanol–water partition coefficient (Wildman–Crippen LogP) is 5.20. The van der Waals surface area contributed by atoms with Crippen LogP contribution >= 0.6 is 11.8 Å². The smallest absolute Gasteiger partial charge is 0.277 e. The zero-order chi connectivity index (χ0) is 23.3. The van der Waals surface area contributed by atoms with E-state index in [1.807, 2.05) is 48.7 Å². The lowest BCUT2D eigenvalue weighted by molar-refractivity contribution is -0.113. The predicted molar refractivity (Wildman–Crippen MR) is 132 cm³/mol. The third kappa shape index (κ3) is 4.69. The first-order valence-electron chi connectivity index (χ1n) is 10.5. The Morgan fingerprint density at radius 1 is 0.882 bits per heavy atom. The van der Waals surface area contributed by atoms with E-state index in [4.69, 9.17) is 4.42 Å². The summed E-state index contributed by atoms with van der Waals surface area (Å²) < 4.78 is 5.74. The fourth-order valence-electron chi connectivity index (χ4n) is 3.45. The Morgan fingerprint density at radius 3 is 2.53 bits per heavy atom. The Morgan fingerprint density at radius 2 is 1.65 bits per heavy atom. The molecule has 34 heavy (non-hydrogen) atoms. The summed E-state index contributed by atoms with van der Waals surface area (Å²) in [6.45, 7) is 0. The third-order valence-electron chi connectivity index (χ3n) is 5.03. The van der Waals surface area contributed by atoms with Gasteiger partial charge in [0.25, 0.3) is 17.0 Å². The molecule has 0 unspecified atom stereocenters. The van der Waals surface area contributed by atoms with Gasteiger partial charge in [0.15, 0.2) is 0 Å². The van der Waals surface area contributed by atoms with E-state index >= 15 is 0 Å². The highest BCUT2D eigenvalue weighted by atomic mass is 32.2. The molecule has 2 aromatic heterocycles. The van der Waals surface area contributed by atoms with E-state index in [9.17, 15) is 9.59 Å². The second-order valence-electron chi connectivity index (χ2n) is 7.32. The highest BCUT2D eigenvalue weighted by molar-refractivity contribution is 7.99. The molecule has 0 bridgehead atoms. The Labute approximate surface area is 198 Å². The van der Waals surface area contributed by atoms with Crippen LogP contribution in [0.2, 0.25) is 0 Å². The number of hydrogen-bond acceptors (Lipinski definition) is 6. The van der Waals surface area contributed by atoms with Crippen molar-refractivity contribution in [2.24, 2.45) is 0 Å². The summed E-state index contributed by atoms with van der Waals surface area (Å²) in [4.78, 5) is 28.4. The number of H-pyrrole nitrogens is 1. The normalized spacial score (nSPS) is 10.8. The number of benzene rings is 3. The first-order chi connectivity index (χ1) is 16.7. The zero-order valence-corrected chi connectivity index (χ0v) is 18.6. The molecule has 0 atom stereocenters. The van der Waals surface area contributed by atoms with Crippen LogP contribution in [0.5, 0.6) is 0 Å². The van der Waals surface area contributed by atoms with Gasteiger partial charge in [0.05, 0.1) is 22.6 Å². The summed E-state index contributed by atoms with van der Waals surface area (Å²) in [5.74, 6) is -0.181. The molecule has 3 aromatic carbocycles. The number of nitrogens with zero attached hydrogens (tertiary/aromatic N) is 2. The van der Waals surface area contributed by atoms with Crippen LogP contribution in [-0.2, 0) is 4.79 Å². The van der Waals surface area contributed by atoms with E-state index in [2.05, 4.69) is 25.8 Å². The lowest BCUT2D eigenvalue weighted by atomic mass is 10.1. The van der Waals surface area contributed by atoms with Crippen LogP contribution < -0.4 is 10.6 Å². The quantitative estimate of drug-likeness (QED) is 0.282. The maximum atomic E-state index is 12.7. The number of rotatable bonds is 7. The van der Waals surface area contributed by atoms with Crippen molar-refractivity contribution in [3.05, 3.63) is 90.6 Å². The SMILES string of the molecule is O=C(CSc1nnc(-c2c[nH]c3ccccc23)o1)Nc1ccccc1C(=O)Nc1ccccc1. The monoisotopic (exact) mass is 469 g/mol. The Balaban J connectivity index is 1.22. The van der Waals surface area contributed by atoms with Crippen molar-refractivity contribution in [1.29, 1.82) is 0 Å². The minimum absolute atomic E-state index is 0.0458. The summed E-state index contributed by atoms with van der Waals surface area (Å²) in [7, 11) is 0. The zero-order valence-electron chi connectivity index (χ0n) is 17.8. The van der Waals surface area contributed by atoms with E-state index < -0.39 is 0 Å². The lowest BCUT2D eigenvalue weighted by Gasteiger charge is -2.11. The first kappa shape index (κ1) is 21.5. The van der Waals surface area contributed by atoms with E-state index in [0.29, 0.717) is 22.8 Å². The van der Waals surface area contributed by atoms with Crippen LogP contribution in [0.25, 0.3) is 22.4 Å². The van der Waals surface area contributed by atoms with Crippen molar-refractivity contribution in [2.75, 3.05) is 16.4 Å². The fourth-order valence-corrected chi connectivity index (χ4v) is 4.01. The molecule has 0 aliphatic carbocycles. The van der Waals surface area contributed by atoms with Gasteiger partial charge in [0, 0.05) is 22.8 Å². The molecule has 8 nitrogen and oxygen atoms in total. The second kappa shape index (κ2) is 9.63. The molecular formula is C25H19N5O3S. The van der Waals surface area contributed by atoms with Crippen LogP contribution in [0.1, 0.15) is 10.4 Å². The van der Waals surface area contributed by atoms with E-state index in [0.717, 1.165) is 28.2 Å². The minimum atomic E-state index is -0.310. The van der Waals surface area contributed by atoms with E-state index in [1.54, 1.807) is 36.4 Å². The lowest BCUT2D eigenvalue weighted by Crippen LogP contribution is -2.19. The van der Waals surface area contributed by atoms with Gasteiger partial charge in [0.1, 0.15) is 0 Å². The van der Waals surface area contributed by atoms with Crippen LogP contribution in [0, 0.1) is 0 Å². The first-order valence-corrected chi connectivity index (χ1v) is 11.4. The maximum absolute atomic E-state index is 12.7. The summed E-state index contributed by atoms with van der Waals surface area (Å²) in [5.41, 5.74) is 3.24. The Kier molecular flexibility index (Phi) is 6.09. The number of carbonyl (C=O) groups excluding carboxylic acids is 2. The summed E-state index contributed by atoms with van der Waals surface area (Å²) >= 11 is 1.13. The summed E-state index contributed by atoms with van der Waals surface area (Å²) in [5, 5.41) is 15.0. The molecule has 0 radical (unpaired) electrons. The maximum Gasteiger partial charge on any atom is 0.277 e. The van der Waals surface area contributed by atoms with Gasteiger partial charge in [-0.15, -0.1) is 10.2 Å². The second-order valence-corrected chi connectivity index (χ2v) is 8.25. The number of hydrogen-bond donors (Lipinski definition) is 3. The minimum Gasteiger partial charge on any atom is -0.411 e. The van der Waals surface area contributed by atoms with Crippen molar-refractivity contribution < 1.29 is 14.0 Å². The number of para-hydroxylation sites is 3. The van der Waals surface area contributed by atoms with E-state index in [-0.39, 0.29) is 22.8 Å². The van der Waals surface area contributed by atoms with Gasteiger partial charge in [-0.1, -0.05) is 60.3 Å². The highest BCUT2D eigenvalue weighted by Crippen LogP contribution is 2.29. The fraction of sp³-hybridized carbons (Fsp3) is 0.0400. The molecule has 5 rings (SSSR count). The molecule has 0 saturated heterocycles. The summed E-state index contributed by atoms with van der Waals surface area (Å²) in [6, 6.07) is 23.8. The van der Waals surface area contributed by atoms with Crippen LogP contribution in [-0.4, -0.2) is 32.7 Å². The standard InChI is InChI=1S/C25H19N5O3S/c31-22(28-21-13-7-5-11-18(21)23(32)27-16-8-2-1-3-9-16)15-34-25-30-29-24(33-25)19-14-26-20-12-6-4-10-17(19)20/h1-14,26H,15H2,(H,27,32)(H,28,31). The highest BCUT2D eigenvalue weighted by Gasteiger charge is 2.16. The topological polar surface area (TPSA) is 113 Å². The third-order valence-corrected chi connectivity index (χ3v) is 5.85. The molecule has 0 aliphatic heterocycles. The number of fused-ring (bicyclic) bond motifs is 1. The van der Waals surface area contributed by atoms with Gasteiger partial charge in [-0.3, -0.25) is 9.59 Å². The molecule has 2 amide bonds. The molecule has 0 aliphatic rings. The Hall–Kier alpha value is -4.37. The molecule has 0 fully saturated rings. The average molecular weight is 470 g/mol. The number of anilines is 2. The van der Waals surface area contributed by atoms with Gasteiger partial charge < -0.3 is 20.0 Å².